The summed E-state index contributed by atoms with van der Waals surface area (Å²) in [6, 6.07) is 2.78. The van der Waals surface area contributed by atoms with E-state index in [2.05, 4.69) is 32.3 Å². The molecule has 0 spiro atoms. The van der Waals surface area contributed by atoms with Gasteiger partial charge in [-0.1, -0.05) is 19.1 Å². The smallest absolute Gasteiger partial charge is 0.408 e. The number of aromatic hydroxyl groups is 1. The average Bonchev–Trinajstić information content (AvgIpc) is 3.06. The van der Waals surface area contributed by atoms with E-state index in [0.717, 1.165) is 31.6 Å². The van der Waals surface area contributed by atoms with Gasteiger partial charge in [0.25, 0.3) is 5.91 Å². The number of phenolic OH excluding ortho intramolecular Hbond substituents is 1. The zero-order valence-corrected chi connectivity index (χ0v) is 18.3. The average molecular weight is 463 g/mol. The van der Waals surface area contributed by atoms with Crippen molar-refractivity contribution in [1.29, 1.82) is 0 Å². The fourth-order valence-corrected chi connectivity index (χ4v) is 2.98. The third kappa shape index (κ3) is 9.09. The second-order valence-corrected chi connectivity index (χ2v) is 7.23. The van der Waals surface area contributed by atoms with Crippen LogP contribution in [-0.2, 0) is 9.53 Å². The lowest BCUT2D eigenvalue weighted by molar-refractivity contribution is -0.139. The minimum atomic E-state index is -1.42. The van der Waals surface area contributed by atoms with E-state index < -0.39 is 30.6 Å². The first kappa shape index (κ1) is 25.5. The fourth-order valence-electron chi connectivity index (χ4n) is 2.98. The SMILES string of the molecule is C=CCOC(=O)N[C@@H](CNC(=O)c1ccc(OCCNC2=NCCCCC2)cc1O)C(=O)O. The zero-order valence-electron chi connectivity index (χ0n) is 18.3. The number of aliphatic carboxylic acids is 1. The molecule has 1 atom stereocenters. The van der Waals surface area contributed by atoms with E-state index in [9.17, 15) is 24.6 Å². The summed E-state index contributed by atoms with van der Waals surface area (Å²) in [4.78, 5) is 39.6. The number of carbonyl (C=O) groups excluding carboxylic acids is 2. The lowest BCUT2D eigenvalue weighted by Gasteiger charge is -2.15. The van der Waals surface area contributed by atoms with Crippen molar-refractivity contribution in [3.8, 4) is 11.5 Å². The monoisotopic (exact) mass is 462 g/mol. The van der Waals surface area contributed by atoms with Gasteiger partial charge in [-0.3, -0.25) is 9.79 Å². The summed E-state index contributed by atoms with van der Waals surface area (Å²) in [6.45, 7) is 4.62. The molecule has 0 aliphatic carbocycles. The molecule has 5 N–H and O–H groups in total. The van der Waals surface area contributed by atoms with Crippen molar-refractivity contribution in [2.75, 3.05) is 32.8 Å². The largest absolute Gasteiger partial charge is 0.507 e. The summed E-state index contributed by atoms with van der Waals surface area (Å²) in [5, 5.41) is 27.1. The van der Waals surface area contributed by atoms with Gasteiger partial charge in [-0.15, -0.1) is 0 Å². The lowest BCUT2D eigenvalue weighted by Crippen LogP contribution is -2.48. The number of carboxylic acid groups (broad SMARTS) is 1. The van der Waals surface area contributed by atoms with Gasteiger partial charge in [-0.05, 0) is 25.0 Å². The molecule has 11 nitrogen and oxygen atoms in total. The predicted molar refractivity (Wildman–Crippen MR) is 121 cm³/mol. The Morgan fingerprint density at radius 3 is 2.79 bits per heavy atom. The van der Waals surface area contributed by atoms with Crippen molar-refractivity contribution in [1.82, 2.24) is 16.0 Å². The maximum Gasteiger partial charge on any atom is 0.408 e. The fraction of sp³-hybridized carbons (Fsp3) is 0.455. The Labute approximate surface area is 191 Å². The minimum Gasteiger partial charge on any atom is -0.507 e. The number of nitrogens with zero attached hydrogens (tertiary/aromatic N) is 1. The van der Waals surface area contributed by atoms with Gasteiger partial charge < -0.3 is 35.6 Å². The number of amidine groups is 1. The molecular weight excluding hydrogens is 432 g/mol. The van der Waals surface area contributed by atoms with Crippen molar-refractivity contribution in [2.24, 2.45) is 4.99 Å². The number of alkyl carbamates (subject to hydrolysis) is 1. The molecule has 1 aliphatic rings. The number of rotatable bonds is 11. The summed E-state index contributed by atoms with van der Waals surface area (Å²) in [5.74, 6) is -1.03. The van der Waals surface area contributed by atoms with Gasteiger partial charge in [0.15, 0.2) is 0 Å². The van der Waals surface area contributed by atoms with Crippen LogP contribution in [0.3, 0.4) is 0 Å². The number of carboxylic acids is 1. The highest BCUT2D eigenvalue weighted by molar-refractivity contribution is 5.97. The van der Waals surface area contributed by atoms with Gasteiger partial charge in [-0.2, -0.15) is 0 Å². The van der Waals surface area contributed by atoms with Gasteiger partial charge in [0.1, 0.15) is 30.8 Å². The molecule has 33 heavy (non-hydrogen) atoms. The molecule has 0 saturated heterocycles. The van der Waals surface area contributed by atoms with E-state index in [0.29, 0.717) is 18.9 Å². The van der Waals surface area contributed by atoms with Crippen LogP contribution in [-0.4, -0.2) is 72.9 Å². The molecule has 1 aliphatic heterocycles. The van der Waals surface area contributed by atoms with Crippen molar-refractivity contribution >= 4 is 23.8 Å². The van der Waals surface area contributed by atoms with Crippen molar-refractivity contribution in [3.63, 3.8) is 0 Å². The van der Waals surface area contributed by atoms with Crippen LogP contribution in [0.1, 0.15) is 36.0 Å². The quantitative estimate of drug-likeness (QED) is 0.244. The Hall–Kier alpha value is -3.76. The van der Waals surface area contributed by atoms with E-state index in [1.807, 2.05) is 0 Å². The third-order valence-electron chi connectivity index (χ3n) is 4.68. The normalized spacial score (nSPS) is 14.1. The first-order valence-corrected chi connectivity index (χ1v) is 10.7. The van der Waals surface area contributed by atoms with Crippen LogP contribution in [0.4, 0.5) is 4.79 Å². The summed E-state index contributed by atoms with van der Waals surface area (Å²) >= 11 is 0. The number of hydrogen-bond donors (Lipinski definition) is 5. The molecule has 0 saturated carbocycles. The summed E-state index contributed by atoms with van der Waals surface area (Å²) in [5.41, 5.74) is -0.0633. The minimum absolute atomic E-state index is 0.0633. The number of ether oxygens (including phenoxy) is 2. The molecule has 1 aromatic carbocycles. The van der Waals surface area contributed by atoms with E-state index in [4.69, 9.17) is 4.74 Å². The predicted octanol–water partition coefficient (Wildman–Crippen LogP) is 1.43. The Bertz CT molecular complexity index is 872. The van der Waals surface area contributed by atoms with Crippen molar-refractivity contribution in [3.05, 3.63) is 36.4 Å². The van der Waals surface area contributed by atoms with Crippen LogP contribution >= 0.6 is 0 Å². The van der Waals surface area contributed by atoms with Crippen molar-refractivity contribution < 1.29 is 34.1 Å². The highest BCUT2D eigenvalue weighted by Gasteiger charge is 2.22. The third-order valence-corrected chi connectivity index (χ3v) is 4.68. The molecule has 11 heteroatoms. The summed E-state index contributed by atoms with van der Waals surface area (Å²) < 4.78 is 10.3. The topological polar surface area (TPSA) is 159 Å². The van der Waals surface area contributed by atoms with E-state index >= 15 is 0 Å². The second-order valence-electron chi connectivity index (χ2n) is 7.23. The number of aliphatic imine (C=N–C) groups is 1. The Balaban J connectivity index is 1.81. The van der Waals surface area contributed by atoms with E-state index in [1.165, 1.54) is 30.7 Å². The van der Waals surface area contributed by atoms with Crippen LogP contribution in [0, 0.1) is 0 Å². The molecule has 0 fully saturated rings. The molecule has 2 amide bonds. The number of carbonyl (C=O) groups is 3. The van der Waals surface area contributed by atoms with Gasteiger partial charge in [0.2, 0.25) is 0 Å². The first-order valence-electron chi connectivity index (χ1n) is 10.7. The van der Waals surface area contributed by atoms with Crippen LogP contribution in [0.2, 0.25) is 0 Å². The molecule has 2 rings (SSSR count). The molecular formula is C22H30N4O7. The Morgan fingerprint density at radius 1 is 1.24 bits per heavy atom. The van der Waals surface area contributed by atoms with Gasteiger partial charge in [0, 0.05) is 25.6 Å². The number of hydrogen-bond acceptors (Lipinski definition) is 8. The highest BCUT2D eigenvalue weighted by Crippen LogP contribution is 2.23. The van der Waals surface area contributed by atoms with Gasteiger partial charge in [0.05, 0.1) is 17.9 Å². The maximum absolute atomic E-state index is 12.3. The van der Waals surface area contributed by atoms with Crippen LogP contribution in [0.5, 0.6) is 11.5 Å². The summed E-state index contributed by atoms with van der Waals surface area (Å²) in [7, 11) is 0. The second kappa shape index (κ2) is 13.6. The Kier molecular flexibility index (Phi) is 10.5. The number of benzene rings is 1. The van der Waals surface area contributed by atoms with Crippen LogP contribution in [0.25, 0.3) is 0 Å². The standard InChI is InChI=1S/C22H30N4O7/c1-2-11-33-22(31)26-17(21(29)30)14-25-20(28)16-8-7-15(13-18(16)27)32-12-10-24-19-6-4-3-5-9-23-19/h2,7-8,13,17,27H,1,3-6,9-12,14H2,(H,23,24)(H,25,28)(H,26,31)(H,29,30)/t17-/m0/s1. The highest BCUT2D eigenvalue weighted by atomic mass is 16.5. The summed E-state index contributed by atoms with van der Waals surface area (Å²) in [6.07, 6.45) is 4.71. The molecule has 0 bridgehead atoms. The van der Waals surface area contributed by atoms with Gasteiger partial charge >= 0.3 is 12.1 Å². The lowest BCUT2D eigenvalue weighted by atomic mass is 10.1. The zero-order chi connectivity index (χ0) is 24.1. The molecule has 180 valence electrons. The number of phenols is 1. The molecule has 0 radical (unpaired) electrons. The van der Waals surface area contributed by atoms with Crippen LogP contribution in [0.15, 0.2) is 35.8 Å². The first-order chi connectivity index (χ1) is 15.9. The van der Waals surface area contributed by atoms with E-state index in [1.54, 1.807) is 0 Å². The molecule has 0 unspecified atom stereocenters. The van der Waals surface area contributed by atoms with E-state index in [-0.39, 0.29) is 17.9 Å². The Morgan fingerprint density at radius 2 is 2.06 bits per heavy atom. The number of amides is 2. The molecule has 0 aromatic heterocycles. The maximum atomic E-state index is 12.3. The number of nitrogens with one attached hydrogen (secondary N) is 3. The van der Waals surface area contributed by atoms with Gasteiger partial charge in [-0.25, -0.2) is 9.59 Å². The molecule has 1 heterocycles. The van der Waals surface area contributed by atoms with Crippen molar-refractivity contribution in [2.45, 2.75) is 31.7 Å². The van der Waals surface area contributed by atoms with Crippen LogP contribution < -0.4 is 20.7 Å². The molecule has 1 aromatic rings.